The molecule has 0 unspecified atom stereocenters. The van der Waals surface area contributed by atoms with Crippen LogP contribution < -0.4 is 11.1 Å². The normalized spacial score (nSPS) is 10.6. The summed E-state index contributed by atoms with van der Waals surface area (Å²) >= 11 is 6.06. The van der Waals surface area contributed by atoms with Gasteiger partial charge >= 0.3 is 0 Å². The molecule has 1 aromatic carbocycles. The van der Waals surface area contributed by atoms with Gasteiger partial charge in [0.1, 0.15) is 10.8 Å². The Hall–Kier alpha value is -1.65. The molecule has 0 atom stereocenters. The lowest BCUT2D eigenvalue weighted by Crippen LogP contribution is -2.26. The van der Waals surface area contributed by atoms with Crippen LogP contribution in [0.25, 0.3) is 10.8 Å². The first-order valence-electron chi connectivity index (χ1n) is 5.76. The van der Waals surface area contributed by atoms with Crippen LogP contribution in [0.5, 0.6) is 0 Å². The second-order valence-corrected chi connectivity index (χ2v) is 4.28. The first-order chi connectivity index (χ1) is 8.72. The van der Waals surface area contributed by atoms with Gasteiger partial charge in [-0.25, -0.2) is 4.98 Å². The average molecular weight is 264 g/mol. The number of amides is 1. The minimum atomic E-state index is -0.226. The molecule has 0 fully saturated rings. The van der Waals surface area contributed by atoms with Crippen LogP contribution in [0, 0.1) is 0 Å². The molecule has 0 bridgehead atoms. The summed E-state index contributed by atoms with van der Waals surface area (Å²) in [6.45, 7) is 1.09. The number of hydrogen-bond donors (Lipinski definition) is 2. The molecule has 0 spiro atoms. The molecule has 0 saturated heterocycles. The molecule has 18 heavy (non-hydrogen) atoms. The number of carbonyl (C=O) groups excluding carboxylic acids is 1. The van der Waals surface area contributed by atoms with Gasteiger partial charge in [-0.3, -0.25) is 4.79 Å². The molecule has 0 aliphatic heterocycles. The van der Waals surface area contributed by atoms with Crippen molar-refractivity contribution in [1.29, 1.82) is 0 Å². The van der Waals surface area contributed by atoms with Crippen LogP contribution in [0.3, 0.4) is 0 Å². The van der Waals surface area contributed by atoms with Crippen molar-refractivity contribution in [2.24, 2.45) is 5.73 Å². The van der Waals surface area contributed by atoms with E-state index in [0.717, 1.165) is 17.2 Å². The summed E-state index contributed by atoms with van der Waals surface area (Å²) in [4.78, 5) is 15.9. The highest BCUT2D eigenvalue weighted by Gasteiger charge is 2.10. The van der Waals surface area contributed by atoms with Crippen LogP contribution in [0.15, 0.2) is 30.3 Å². The van der Waals surface area contributed by atoms with Gasteiger partial charge in [-0.05, 0) is 24.4 Å². The molecular formula is C13H14ClN3O. The molecule has 2 aromatic rings. The fourth-order valence-electron chi connectivity index (χ4n) is 1.67. The Morgan fingerprint density at radius 3 is 2.94 bits per heavy atom. The summed E-state index contributed by atoms with van der Waals surface area (Å²) in [5.74, 6) is -0.226. The number of halogens is 1. The molecule has 4 nitrogen and oxygen atoms in total. The van der Waals surface area contributed by atoms with E-state index in [1.165, 1.54) is 0 Å². The van der Waals surface area contributed by atoms with E-state index in [0.29, 0.717) is 23.9 Å². The van der Waals surface area contributed by atoms with E-state index >= 15 is 0 Å². The Morgan fingerprint density at radius 2 is 2.17 bits per heavy atom. The molecule has 0 saturated carbocycles. The van der Waals surface area contributed by atoms with Crippen LogP contribution in [-0.2, 0) is 0 Å². The summed E-state index contributed by atoms with van der Waals surface area (Å²) in [6.07, 6.45) is 0.743. The van der Waals surface area contributed by atoms with E-state index in [1.807, 2.05) is 24.3 Å². The van der Waals surface area contributed by atoms with E-state index in [9.17, 15) is 4.79 Å². The second-order valence-electron chi connectivity index (χ2n) is 3.92. The van der Waals surface area contributed by atoms with Gasteiger partial charge in [-0.2, -0.15) is 0 Å². The highest BCUT2D eigenvalue weighted by molar-refractivity contribution is 6.34. The SMILES string of the molecule is NCCCNC(=O)c1cc2ccccc2c(Cl)n1. The Labute approximate surface area is 110 Å². The van der Waals surface area contributed by atoms with Gasteiger partial charge in [-0.15, -0.1) is 0 Å². The van der Waals surface area contributed by atoms with Crippen LogP contribution >= 0.6 is 11.6 Å². The van der Waals surface area contributed by atoms with Gasteiger partial charge in [0.25, 0.3) is 5.91 Å². The van der Waals surface area contributed by atoms with Crippen molar-refractivity contribution in [1.82, 2.24) is 10.3 Å². The number of nitrogens with one attached hydrogen (secondary N) is 1. The van der Waals surface area contributed by atoms with E-state index in [-0.39, 0.29) is 5.91 Å². The lowest BCUT2D eigenvalue weighted by molar-refractivity contribution is 0.0948. The quantitative estimate of drug-likeness (QED) is 0.655. The van der Waals surface area contributed by atoms with Gasteiger partial charge < -0.3 is 11.1 Å². The van der Waals surface area contributed by atoms with Crippen LogP contribution in [-0.4, -0.2) is 24.0 Å². The van der Waals surface area contributed by atoms with Gasteiger partial charge in [0, 0.05) is 11.9 Å². The maximum Gasteiger partial charge on any atom is 0.269 e. The summed E-state index contributed by atoms with van der Waals surface area (Å²) in [5.41, 5.74) is 5.69. The van der Waals surface area contributed by atoms with Crippen molar-refractivity contribution in [3.63, 3.8) is 0 Å². The lowest BCUT2D eigenvalue weighted by atomic mass is 10.1. The summed E-state index contributed by atoms with van der Waals surface area (Å²) in [7, 11) is 0. The largest absolute Gasteiger partial charge is 0.351 e. The van der Waals surface area contributed by atoms with Crippen molar-refractivity contribution in [2.45, 2.75) is 6.42 Å². The Kier molecular flexibility index (Phi) is 4.12. The molecule has 0 aliphatic carbocycles. The molecule has 1 heterocycles. The molecule has 94 valence electrons. The smallest absolute Gasteiger partial charge is 0.269 e. The van der Waals surface area contributed by atoms with Crippen LogP contribution in [0.4, 0.5) is 0 Å². The van der Waals surface area contributed by atoms with Crippen molar-refractivity contribution >= 4 is 28.3 Å². The van der Waals surface area contributed by atoms with Crippen molar-refractivity contribution in [2.75, 3.05) is 13.1 Å². The van der Waals surface area contributed by atoms with Crippen LogP contribution in [0.1, 0.15) is 16.9 Å². The van der Waals surface area contributed by atoms with Gasteiger partial charge in [0.15, 0.2) is 0 Å². The fraction of sp³-hybridized carbons (Fsp3) is 0.231. The topological polar surface area (TPSA) is 68.0 Å². The number of nitrogens with two attached hydrogens (primary N) is 1. The monoisotopic (exact) mass is 263 g/mol. The zero-order chi connectivity index (χ0) is 13.0. The second kappa shape index (κ2) is 5.80. The molecule has 2 rings (SSSR count). The van der Waals surface area contributed by atoms with E-state index < -0.39 is 0 Å². The predicted octanol–water partition coefficient (Wildman–Crippen LogP) is 1.97. The minimum Gasteiger partial charge on any atom is -0.351 e. The number of aromatic nitrogens is 1. The van der Waals surface area contributed by atoms with Gasteiger partial charge in [0.2, 0.25) is 0 Å². The number of fused-ring (bicyclic) bond motifs is 1. The zero-order valence-corrected chi connectivity index (χ0v) is 10.6. The number of benzene rings is 1. The maximum atomic E-state index is 11.8. The maximum absolute atomic E-state index is 11.8. The van der Waals surface area contributed by atoms with Crippen molar-refractivity contribution in [3.05, 3.63) is 41.2 Å². The third kappa shape index (κ3) is 2.78. The van der Waals surface area contributed by atoms with Crippen molar-refractivity contribution < 1.29 is 4.79 Å². The molecule has 0 radical (unpaired) electrons. The number of pyridine rings is 1. The first-order valence-corrected chi connectivity index (χ1v) is 6.13. The highest BCUT2D eigenvalue weighted by Crippen LogP contribution is 2.22. The van der Waals surface area contributed by atoms with E-state index in [4.69, 9.17) is 17.3 Å². The summed E-state index contributed by atoms with van der Waals surface area (Å²) in [6, 6.07) is 9.30. The third-order valence-corrected chi connectivity index (χ3v) is 2.88. The molecule has 1 amide bonds. The number of hydrogen-bond acceptors (Lipinski definition) is 3. The lowest BCUT2D eigenvalue weighted by Gasteiger charge is -2.06. The van der Waals surface area contributed by atoms with E-state index in [2.05, 4.69) is 10.3 Å². The van der Waals surface area contributed by atoms with Crippen molar-refractivity contribution in [3.8, 4) is 0 Å². The highest BCUT2D eigenvalue weighted by atomic mass is 35.5. The predicted molar refractivity (Wildman–Crippen MR) is 72.8 cm³/mol. The molecule has 3 N–H and O–H groups in total. The van der Waals surface area contributed by atoms with Gasteiger partial charge in [-0.1, -0.05) is 35.9 Å². The molecular weight excluding hydrogens is 250 g/mol. The minimum absolute atomic E-state index is 0.226. The molecule has 1 aromatic heterocycles. The number of nitrogens with zero attached hydrogens (tertiary/aromatic N) is 1. The summed E-state index contributed by atoms with van der Waals surface area (Å²) < 4.78 is 0. The number of rotatable bonds is 4. The van der Waals surface area contributed by atoms with Crippen LogP contribution in [0.2, 0.25) is 5.15 Å². The zero-order valence-electron chi connectivity index (χ0n) is 9.82. The average Bonchev–Trinajstić information content (AvgIpc) is 2.39. The van der Waals surface area contributed by atoms with E-state index in [1.54, 1.807) is 6.07 Å². The summed E-state index contributed by atoms with van der Waals surface area (Å²) in [5, 5.41) is 4.85. The Morgan fingerprint density at radius 1 is 1.39 bits per heavy atom. The number of carbonyl (C=O) groups is 1. The molecule has 5 heteroatoms. The third-order valence-electron chi connectivity index (χ3n) is 2.59. The Bertz CT molecular complexity index is 571. The standard InChI is InChI=1S/C13H14ClN3O/c14-12-10-5-2-1-4-9(10)8-11(17-12)13(18)16-7-3-6-15/h1-2,4-5,8H,3,6-7,15H2,(H,16,18). The first kappa shape index (κ1) is 12.8. The Balaban J connectivity index is 2.26. The fourth-order valence-corrected chi connectivity index (χ4v) is 1.93. The molecule has 0 aliphatic rings. The van der Waals surface area contributed by atoms with Gasteiger partial charge in [0.05, 0.1) is 0 Å².